The summed E-state index contributed by atoms with van der Waals surface area (Å²) >= 11 is 0. The van der Waals surface area contributed by atoms with Crippen LogP contribution >= 0.6 is 0 Å². The number of benzene rings is 1. The Morgan fingerprint density at radius 1 is 0.950 bits per heavy atom. The Labute approximate surface area is 109 Å². The summed E-state index contributed by atoms with van der Waals surface area (Å²) in [4.78, 5) is 22.0. The van der Waals surface area contributed by atoms with Crippen LogP contribution < -0.4 is 10.1 Å². The van der Waals surface area contributed by atoms with Crippen molar-refractivity contribution in [3.05, 3.63) is 29.1 Å². The van der Waals surface area contributed by atoms with Crippen molar-refractivity contribution in [2.24, 2.45) is 0 Å². The SMILES string of the molecule is CC(=O)N[C@@H](C)C(=O)Oc1c(F)c(F)c(F)c(F)c1F. The van der Waals surface area contributed by atoms with E-state index in [1.165, 1.54) is 0 Å². The zero-order valence-electron chi connectivity index (χ0n) is 10.2. The third kappa shape index (κ3) is 3.03. The lowest BCUT2D eigenvalue weighted by Gasteiger charge is -2.13. The Balaban J connectivity index is 3.10. The molecule has 1 amide bonds. The highest BCUT2D eigenvalue weighted by atomic mass is 19.2. The molecule has 110 valence electrons. The first-order valence-corrected chi connectivity index (χ1v) is 5.17. The summed E-state index contributed by atoms with van der Waals surface area (Å²) in [6.07, 6.45) is 0. The Morgan fingerprint density at radius 2 is 1.35 bits per heavy atom. The van der Waals surface area contributed by atoms with E-state index in [0.29, 0.717) is 0 Å². The number of hydrogen-bond acceptors (Lipinski definition) is 3. The van der Waals surface area contributed by atoms with Crippen LogP contribution in [0.5, 0.6) is 5.75 Å². The van der Waals surface area contributed by atoms with E-state index in [4.69, 9.17) is 0 Å². The Hall–Kier alpha value is -2.19. The van der Waals surface area contributed by atoms with E-state index in [1.54, 1.807) is 0 Å². The molecule has 1 aromatic rings. The normalized spacial score (nSPS) is 11.9. The van der Waals surface area contributed by atoms with Gasteiger partial charge in [-0.2, -0.15) is 8.78 Å². The van der Waals surface area contributed by atoms with Crippen molar-refractivity contribution >= 4 is 11.9 Å². The smallest absolute Gasteiger partial charge is 0.333 e. The molecule has 9 heteroatoms. The van der Waals surface area contributed by atoms with Crippen LogP contribution in [-0.2, 0) is 9.59 Å². The summed E-state index contributed by atoms with van der Waals surface area (Å²) in [5.74, 6) is -15.1. The van der Waals surface area contributed by atoms with Gasteiger partial charge in [-0.05, 0) is 6.92 Å². The first-order chi connectivity index (χ1) is 9.16. The van der Waals surface area contributed by atoms with Gasteiger partial charge in [0, 0.05) is 6.92 Å². The lowest BCUT2D eigenvalue weighted by molar-refractivity contribution is -0.138. The number of nitrogens with one attached hydrogen (secondary N) is 1. The van der Waals surface area contributed by atoms with Crippen molar-refractivity contribution in [3.8, 4) is 5.75 Å². The summed E-state index contributed by atoms with van der Waals surface area (Å²) in [5, 5.41) is 2.02. The molecule has 1 N–H and O–H groups in total. The number of amides is 1. The molecule has 4 nitrogen and oxygen atoms in total. The maximum atomic E-state index is 13.2. The minimum atomic E-state index is -2.37. The van der Waals surface area contributed by atoms with Gasteiger partial charge in [0.25, 0.3) is 0 Å². The number of carbonyl (C=O) groups is 2. The van der Waals surface area contributed by atoms with E-state index in [2.05, 4.69) is 4.74 Å². The number of hydrogen-bond donors (Lipinski definition) is 1. The molecule has 1 rings (SSSR count). The second kappa shape index (κ2) is 5.85. The fraction of sp³-hybridized carbons (Fsp3) is 0.273. The fourth-order valence-electron chi connectivity index (χ4n) is 1.23. The van der Waals surface area contributed by atoms with Crippen LogP contribution in [0.15, 0.2) is 0 Å². The van der Waals surface area contributed by atoms with Crippen molar-refractivity contribution < 1.29 is 36.3 Å². The molecule has 1 atom stereocenters. The summed E-state index contributed by atoms with van der Waals surface area (Å²) in [5.41, 5.74) is 0. The van der Waals surface area contributed by atoms with Gasteiger partial charge in [-0.25, -0.2) is 18.0 Å². The van der Waals surface area contributed by atoms with Crippen LogP contribution in [-0.4, -0.2) is 17.9 Å². The highest BCUT2D eigenvalue weighted by Gasteiger charge is 2.29. The molecule has 0 aliphatic rings. The minimum Gasteiger partial charge on any atom is -0.418 e. The topological polar surface area (TPSA) is 55.4 Å². The van der Waals surface area contributed by atoms with Crippen molar-refractivity contribution in [1.82, 2.24) is 5.32 Å². The highest BCUT2D eigenvalue weighted by molar-refractivity contribution is 5.84. The predicted octanol–water partition coefficient (Wildman–Crippen LogP) is 1.81. The van der Waals surface area contributed by atoms with Crippen LogP contribution in [0.3, 0.4) is 0 Å². The second-order valence-corrected chi connectivity index (χ2v) is 3.74. The maximum Gasteiger partial charge on any atom is 0.333 e. The average Bonchev–Trinajstić information content (AvgIpc) is 2.38. The molecular formula is C11H8F5NO3. The van der Waals surface area contributed by atoms with E-state index < -0.39 is 52.8 Å². The zero-order chi connectivity index (χ0) is 15.6. The first kappa shape index (κ1) is 15.9. The summed E-state index contributed by atoms with van der Waals surface area (Å²) in [7, 11) is 0. The van der Waals surface area contributed by atoms with E-state index in [-0.39, 0.29) is 0 Å². The molecule has 0 unspecified atom stereocenters. The van der Waals surface area contributed by atoms with Crippen LogP contribution in [0.4, 0.5) is 22.0 Å². The van der Waals surface area contributed by atoms with Crippen molar-refractivity contribution in [2.75, 3.05) is 0 Å². The van der Waals surface area contributed by atoms with Gasteiger partial charge in [0.15, 0.2) is 0 Å². The number of carbonyl (C=O) groups excluding carboxylic acids is 2. The van der Waals surface area contributed by atoms with Crippen LogP contribution in [0.2, 0.25) is 0 Å². The average molecular weight is 297 g/mol. The van der Waals surface area contributed by atoms with Gasteiger partial charge >= 0.3 is 5.97 Å². The quantitative estimate of drug-likeness (QED) is 0.304. The minimum absolute atomic E-state index is 0.646. The fourth-order valence-corrected chi connectivity index (χ4v) is 1.23. The van der Waals surface area contributed by atoms with Crippen molar-refractivity contribution in [1.29, 1.82) is 0 Å². The van der Waals surface area contributed by atoms with Gasteiger partial charge in [0.05, 0.1) is 0 Å². The Bertz CT molecular complexity index is 547. The molecule has 0 fully saturated rings. The summed E-state index contributed by atoms with van der Waals surface area (Å²) in [6, 6.07) is -1.33. The molecule has 0 saturated carbocycles. The first-order valence-electron chi connectivity index (χ1n) is 5.17. The number of halogens is 5. The Morgan fingerprint density at radius 3 is 1.75 bits per heavy atom. The third-order valence-corrected chi connectivity index (χ3v) is 2.15. The number of esters is 1. The molecule has 20 heavy (non-hydrogen) atoms. The van der Waals surface area contributed by atoms with Crippen LogP contribution in [0.25, 0.3) is 0 Å². The molecule has 0 bridgehead atoms. The lowest BCUT2D eigenvalue weighted by atomic mass is 10.2. The molecule has 0 aliphatic carbocycles. The predicted molar refractivity (Wildman–Crippen MR) is 55.1 cm³/mol. The molecule has 0 aliphatic heterocycles. The molecular weight excluding hydrogens is 289 g/mol. The van der Waals surface area contributed by atoms with E-state index in [1.807, 2.05) is 5.32 Å². The lowest BCUT2D eigenvalue weighted by Crippen LogP contribution is -2.39. The number of rotatable bonds is 3. The summed E-state index contributed by atoms with van der Waals surface area (Å²) in [6.45, 7) is 2.16. The van der Waals surface area contributed by atoms with E-state index >= 15 is 0 Å². The standard InChI is InChI=1S/C11H8F5NO3/c1-3(17-4(2)18)11(19)20-10-8(15)6(13)5(12)7(14)9(10)16/h3H,1-2H3,(H,17,18)/t3-/m0/s1. The largest absolute Gasteiger partial charge is 0.418 e. The Kier molecular flexibility index (Phi) is 4.64. The summed E-state index contributed by atoms with van der Waals surface area (Å²) < 4.78 is 68.9. The van der Waals surface area contributed by atoms with Crippen molar-refractivity contribution in [3.63, 3.8) is 0 Å². The third-order valence-electron chi connectivity index (χ3n) is 2.15. The molecule has 0 aromatic heterocycles. The molecule has 0 heterocycles. The number of ether oxygens (including phenoxy) is 1. The zero-order valence-corrected chi connectivity index (χ0v) is 10.2. The van der Waals surface area contributed by atoms with E-state index in [0.717, 1.165) is 13.8 Å². The molecule has 0 radical (unpaired) electrons. The van der Waals surface area contributed by atoms with Gasteiger partial charge in [-0.3, -0.25) is 4.79 Å². The van der Waals surface area contributed by atoms with Gasteiger partial charge in [-0.15, -0.1) is 0 Å². The molecule has 0 saturated heterocycles. The monoisotopic (exact) mass is 297 g/mol. The van der Waals surface area contributed by atoms with Crippen LogP contribution in [0.1, 0.15) is 13.8 Å². The molecule has 0 spiro atoms. The van der Waals surface area contributed by atoms with Gasteiger partial charge in [0.1, 0.15) is 6.04 Å². The highest BCUT2D eigenvalue weighted by Crippen LogP contribution is 2.29. The van der Waals surface area contributed by atoms with Crippen molar-refractivity contribution in [2.45, 2.75) is 19.9 Å². The van der Waals surface area contributed by atoms with Gasteiger partial charge in [-0.1, -0.05) is 0 Å². The van der Waals surface area contributed by atoms with E-state index in [9.17, 15) is 31.5 Å². The van der Waals surface area contributed by atoms with Gasteiger partial charge < -0.3 is 10.1 Å². The second-order valence-electron chi connectivity index (χ2n) is 3.74. The maximum absolute atomic E-state index is 13.2. The van der Waals surface area contributed by atoms with Crippen LogP contribution in [0, 0.1) is 29.1 Å². The molecule has 1 aromatic carbocycles. The van der Waals surface area contributed by atoms with Gasteiger partial charge in [0.2, 0.25) is 40.7 Å².